The Kier molecular flexibility index (Phi) is 9.59. The fourth-order valence-corrected chi connectivity index (χ4v) is 8.56. The minimum atomic E-state index is -3.69. The molecule has 0 aromatic heterocycles. The summed E-state index contributed by atoms with van der Waals surface area (Å²) in [5.41, 5.74) is 1.65. The SMILES string of the molecule is CS(=O)(=O)c1ccccc1C(=O)N1CC(=O)C2C1CCN2C(=O)[C@H](CC1CCCCC1)NC(=O)C(c1ccccc1)c1ccccc1. The molecule has 0 spiro atoms. The van der Waals surface area contributed by atoms with Crippen molar-refractivity contribution in [3.8, 4) is 0 Å². The van der Waals surface area contributed by atoms with Crippen LogP contribution in [0.15, 0.2) is 89.8 Å². The van der Waals surface area contributed by atoms with E-state index in [1.165, 1.54) is 17.0 Å². The quantitative estimate of drug-likeness (QED) is 0.366. The highest BCUT2D eigenvalue weighted by molar-refractivity contribution is 7.90. The zero-order valence-corrected chi connectivity index (χ0v) is 27.4. The normalized spacial score (nSPS) is 20.7. The number of carbonyl (C=O) groups excluding carboxylic acids is 4. The molecule has 3 aliphatic rings. The standard InChI is InChI=1S/C37H41N3O6S/c1-47(45,46)32-20-12-11-19-28(32)36(43)40-24-31(41)34-30(40)21-22-39(34)37(44)29(23-25-13-5-2-6-14-25)38-35(42)33(26-15-7-3-8-16-26)27-17-9-4-10-18-27/h3-4,7-12,15-20,25,29-30,33-34H,2,5-6,13-14,21-24H2,1H3,(H,38,42)/t29-,30?,34?/m0/s1. The van der Waals surface area contributed by atoms with Gasteiger partial charge < -0.3 is 15.1 Å². The number of carbonyl (C=O) groups is 4. The van der Waals surface area contributed by atoms with Crippen molar-refractivity contribution in [2.75, 3.05) is 19.3 Å². The summed E-state index contributed by atoms with van der Waals surface area (Å²) in [6.45, 7) is 0.0506. The molecule has 3 aromatic carbocycles. The second-order valence-corrected chi connectivity index (χ2v) is 15.0. The molecule has 6 rings (SSSR count). The number of hydrogen-bond acceptors (Lipinski definition) is 6. The Morgan fingerprint density at radius 1 is 0.809 bits per heavy atom. The van der Waals surface area contributed by atoms with Gasteiger partial charge in [-0.25, -0.2) is 8.42 Å². The van der Waals surface area contributed by atoms with E-state index >= 15 is 0 Å². The molecule has 10 heteroatoms. The summed E-state index contributed by atoms with van der Waals surface area (Å²) in [6.07, 6.45) is 7.18. The molecule has 3 aromatic rings. The molecular weight excluding hydrogens is 614 g/mol. The van der Waals surface area contributed by atoms with Gasteiger partial charge in [0.25, 0.3) is 5.91 Å². The van der Waals surface area contributed by atoms with Crippen LogP contribution in [0.5, 0.6) is 0 Å². The fourth-order valence-electron chi connectivity index (χ4n) is 7.68. The van der Waals surface area contributed by atoms with Crippen LogP contribution in [0.2, 0.25) is 0 Å². The third-order valence-electron chi connectivity index (χ3n) is 9.92. The summed E-state index contributed by atoms with van der Waals surface area (Å²) < 4.78 is 24.9. The molecule has 3 fully saturated rings. The number of nitrogens with one attached hydrogen (secondary N) is 1. The molecule has 47 heavy (non-hydrogen) atoms. The number of nitrogens with zero attached hydrogens (tertiary/aromatic N) is 2. The summed E-state index contributed by atoms with van der Waals surface area (Å²) >= 11 is 0. The first kappa shape index (κ1) is 32.6. The lowest BCUT2D eigenvalue weighted by atomic mass is 9.84. The first-order valence-corrected chi connectivity index (χ1v) is 18.4. The Labute approximate surface area is 276 Å². The zero-order valence-electron chi connectivity index (χ0n) is 26.6. The lowest BCUT2D eigenvalue weighted by molar-refractivity contribution is -0.140. The number of benzene rings is 3. The summed E-state index contributed by atoms with van der Waals surface area (Å²) in [4.78, 5) is 58.7. The highest BCUT2D eigenvalue weighted by Gasteiger charge is 2.52. The maximum atomic E-state index is 14.4. The monoisotopic (exact) mass is 655 g/mol. The molecule has 0 bridgehead atoms. The van der Waals surface area contributed by atoms with Crippen molar-refractivity contribution in [1.29, 1.82) is 0 Å². The fraction of sp³-hybridized carbons (Fsp3) is 0.405. The second-order valence-electron chi connectivity index (χ2n) is 13.1. The van der Waals surface area contributed by atoms with Crippen LogP contribution in [-0.4, -0.2) is 79.2 Å². The Morgan fingerprint density at radius 2 is 1.40 bits per heavy atom. The van der Waals surface area contributed by atoms with Crippen molar-refractivity contribution in [2.24, 2.45) is 5.92 Å². The molecule has 2 saturated heterocycles. The van der Waals surface area contributed by atoms with Crippen molar-refractivity contribution < 1.29 is 27.6 Å². The van der Waals surface area contributed by atoms with E-state index in [2.05, 4.69) is 5.32 Å². The van der Waals surface area contributed by atoms with E-state index in [0.717, 1.165) is 49.5 Å². The first-order valence-electron chi connectivity index (χ1n) is 16.5. The smallest absolute Gasteiger partial charge is 0.255 e. The number of likely N-dealkylation sites (tertiary alicyclic amines) is 2. The molecule has 1 aliphatic carbocycles. The van der Waals surface area contributed by atoms with Gasteiger partial charge in [-0.05, 0) is 42.0 Å². The van der Waals surface area contributed by atoms with Gasteiger partial charge in [0.15, 0.2) is 15.6 Å². The lowest BCUT2D eigenvalue weighted by Crippen LogP contribution is -2.53. The highest BCUT2D eigenvalue weighted by Crippen LogP contribution is 2.34. The third-order valence-corrected chi connectivity index (χ3v) is 11.1. The molecule has 9 nitrogen and oxygen atoms in total. The predicted molar refractivity (Wildman–Crippen MR) is 177 cm³/mol. The summed E-state index contributed by atoms with van der Waals surface area (Å²) in [5, 5.41) is 3.13. The molecule has 0 radical (unpaired) electrons. The van der Waals surface area contributed by atoms with Crippen LogP contribution >= 0.6 is 0 Å². The van der Waals surface area contributed by atoms with Crippen molar-refractivity contribution in [1.82, 2.24) is 15.1 Å². The minimum Gasteiger partial charge on any atom is -0.343 e. The van der Waals surface area contributed by atoms with Gasteiger partial charge in [0, 0.05) is 12.8 Å². The number of ketones is 1. The zero-order chi connectivity index (χ0) is 33.1. The van der Waals surface area contributed by atoms with Gasteiger partial charge in [0.05, 0.1) is 29.0 Å². The number of Topliss-reactive ketones (excluding diaryl/α,β-unsaturated/α-hetero) is 1. The van der Waals surface area contributed by atoms with Crippen LogP contribution in [0.3, 0.4) is 0 Å². The summed E-state index contributed by atoms with van der Waals surface area (Å²) in [6, 6.07) is 22.7. The van der Waals surface area contributed by atoms with Gasteiger partial charge in [-0.1, -0.05) is 105 Å². The van der Waals surface area contributed by atoms with E-state index in [1.807, 2.05) is 60.7 Å². The first-order chi connectivity index (χ1) is 22.6. The van der Waals surface area contributed by atoms with Crippen LogP contribution < -0.4 is 5.32 Å². The third kappa shape index (κ3) is 6.88. The molecule has 3 amide bonds. The molecule has 2 heterocycles. The van der Waals surface area contributed by atoms with Gasteiger partial charge >= 0.3 is 0 Å². The average Bonchev–Trinajstić information content (AvgIpc) is 3.66. The van der Waals surface area contributed by atoms with Crippen molar-refractivity contribution >= 4 is 33.3 Å². The largest absolute Gasteiger partial charge is 0.343 e. The highest BCUT2D eigenvalue weighted by atomic mass is 32.2. The minimum absolute atomic E-state index is 0.0172. The van der Waals surface area contributed by atoms with Gasteiger partial charge in [0.2, 0.25) is 11.8 Å². The second kappa shape index (κ2) is 13.8. The molecular formula is C37H41N3O6S. The molecule has 246 valence electrons. The van der Waals surface area contributed by atoms with E-state index in [1.54, 1.807) is 17.0 Å². The van der Waals surface area contributed by atoms with E-state index in [0.29, 0.717) is 12.8 Å². The Morgan fingerprint density at radius 3 is 2.02 bits per heavy atom. The van der Waals surface area contributed by atoms with Crippen molar-refractivity contribution in [2.45, 2.75) is 73.9 Å². The van der Waals surface area contributed by atoms with Crippen molar-refractivity contribution in [3.05, 3.63) is 102 Å². The van der Waals surface area contributed by atoms with Gasteiger partial charge in [0.1, 0.15) is 12.1 Å². The molecule has 2 aliphatic heterocycles. The van der Waals surface area contributed by atoms with Crippen LogP contribution in [0.1, 0.15) is 72.3 Å². The Bertz CT molecular complexity index is 1700. The van der Waals surface area contributed by atoms with E-state index in [-0.39, 0.29) is 47.1 Å². The number of rotatable bonds is 9. The summed E-state index contributed by atoms with van der Waals surface area (Å²) in [5.74, 6) is -1.74. The molecule has 1 saturated carbocycles. The van der Waals surface area contributed by atoms with E-state index in [4.69, 9.17) is 0 Å². The Balaban J connectivity index is 1.26. The van der Waals surface area contributed by atoms with Crippen LogP contribution in [0.25, 0.3) is 0 Å². The molecule has 1 N–H and O–H groups in total. The molecule has 2 unspecified atom stereocenters. The van der Waals surface area contributed by atoms with E-state index < -0.39 is 39.8 Å². The maximum absolute atomic E-state index is 14.4. The number of amides is 3. The van der Waals surface area contributed by atoms with Gasteiger partial charge in [-0.3, -0.25) is 19.2 Å². The number of hydrogen-bond donors (Lipinski definition) is 1. The van der Waals surface area contributed by atoms with Crippen LogP contribution in [-0.2, 0) is 24.2 Å². The van der Waals surface area contributed by atoms with Gasteiger partial charge in [-0.15, -0.1) is 0 Å². The van der Waals surface area contributed by atoms with Gasteiger partial charge in [-0.2, -0.15) is 0 Å². The lowest BCUT2D eigenvalue weighted by Gasteiger charge is -2.32. The predicted octanol–water partition coefficient (Wildman–Crippen LogP) is 4.37. The topological polar surface area (TPSA) is 121 Å². The molecule has 3 atom stereocenters. The number of sulfone groups is 1. The average molecular weight is 656 g/mol. The van der Waals surface area contributed by atoms with E-state index in [9.17, 15) is 27.6 Å². The maximum Gasteiger partial charge on any atom is 0.255 e. The Hall–Kier alpha value is -4.31. The summed E-state index contributed by atoms with van der Waals surface area (Å²) in [7, 11) is -3.69. The van der Waals surface area contributed by atoms with Crippen molar-refractivity contribution in [3.63, 3.8) is 0 Å². The van der Waals surface area contributed by atoms with Crippen LogP contribution in [0.4, 0.5) is 0 Å². The van der Waals surface area contributed by atoms with Crippen LogP contribution in [0, 0.1) is 5.92 Å². The number of fused-ring (bicyclic) bond motifs is 1.